The van der Waals surface area contributed by atoms with Gasteiger partial charge in [0, 0.05) is 5.56 Å². The summed E-state index contributed by atoms with van der Waals surface area (Å²) in [5.41, 5.74) is 1.50. The van der Waals surface area contributed by atoms with Gasteiger partial charge in [0.25, 0.3) is 0 Å². The summed E-state index contributed by atoms with van der Waals surface area (Å²) < 4.78 is 11.8. The topological polar surface area (TPSA) is 18.5 Å². The number of thioether (sulfide) groups is 1. The van der Waals surface area contributed by atoms with E-state index in [-0.39, 0.29) is 10.9 Å². The first-order valence-electron chi connectivity index (χ1n) is 7.06. The zero-order valence-corrected chi connectivity index (χ0v) is 13.4. The minimum atomic E-state index is 0.0659. The fraction of sp³-hybridized carbons (Fsp3) is 0.625. The van der Waals surface area contributed by atoms with Crippen LogP contribution < -0.4 is 9.47 Å². The average Bonchev–Trinajstić information content (AvgIpc) is 2.66. The van der Waals surface area contributed by atoms with Crippen molar-refractivity contribution < 1.29 is 9.47 Å². The summed E-state index contributed by atoms with van der Waals surface area (Å²) in [4.78, 5) is 1.20. The van der Waals surface area contributed by atoms with E-state index in [1.807, 2.05) is 0 Å². The lowest BCUT2D eigenvalue weighted by atomic mass is 9.86. The molecule has 0 spiro atoms. The molecule has 2 rings (SSSR count). The third kappa shape index (κ3) is 3.38. The van der Waals surface area contributed by atoms with Gasteiger partial charge in [0.2, 0.25) is 0 Å². The number of fused-ring (bicyclic) bond motifs is 1. The molecule has 1 unspecified atom stereocenters. The lowest BCUT2D eigenvalue weighted by molar-refractivity contribution is 0.294. The van der Waals surface area contributed by atoms with Crippen molar-refractivity contribution in [2.45, 2.75) is 63.2 Å². The van der Waals surface area contributed by atoms with Crippen molar-refractivity contribution in [3.05, 3.63) is 17.7 Å². The molecule has 106 valence electrons. The van der Waals surface area contributed by atoms with Crippen molar-refractivity contribution in [2.24, 2.45) is 0 Å². The predicted octanol–water partition coefficient (Wildman–Crippen LogP) is 4.99. The molecule has 1 aliphatic rings. The van der Waals surface area contributed by atoms with E-state index < -0.39 is 0 Å². The van der Waals surface area contributed by atoms with Crippen molar-refractivity contribution in [1.29, 1.82) is 0 Å². The standard InChI is InChI=1S/C16H24O2S/c1-6-7-8-17-13-10-15-14(18-11(2)19-15)9-12(13)16(3,4)5/h9-11H,6-8H2,1-5H3. The SMILES string of the molecule is CCCCOc1cc2c(cc1C(C)(C)C)OC(C)S2. The van der Waals surface area contributed by atoms with Crippen LogP contribution in [0.25, 0.3) is 0 Å². The molecule has 1 aromatic rings. The Hall–Kier alpha value is -0.830. The predicted molar refractivity (Wildman–Crippen MR) is 81.5 cm³/mol. The number of hydrogen-bond acceptors (Lipinski definition) is 3. The van der Waals surface area contributed by atoms with E-state index in [9.17, 15) is 0 Å². The van der Waals surface area contributed by atoms with Crippen LogP contribution in [0.5, 0.6) is 11.5 Å². The van der Waals surface area contributed by atoms with Gasteiger partial charge in [-0.25, -0.2) is 0 Å². The summed E-state index contributed by atoms with van der Waals surface area (Å²) in [5, 5.41) is 0. The second kappa shape index (κ2) is 5.66. The van der Waals surface area contributed by atoms with Crippen LogP contribution >= 0.6 is 11.8 Å². The molecule has 0 fully saturated rings. The Balaban J connectivity index is 2.31. The Morgan fingerprint density at radius 3 is 2.68 bits per heavy atom. The summed E-state index contributed by atoms with van der Waals surface area (Å²) in [6, 6.07) is 4.31. The van der Waals surface area contributed by atoms with Gasteiger partial charge in [-0.2, -0.15) is 0 Å². The third-order valence-electron chi connectivity index (χ3n) is 3.20. The van der Waals surface area contributed by atoms with Gasteiger partial charge >= 0.3 is 0 Å². The molecule has 1 aromatic carbocycles. The Morgan fingerprint density at radius 2 is 2.05 bits per heavy atom. The summed E-state index contributed by atoms with van der Waals surface area (Å²) in [7, 11) is 0. The average molecular weight is 280 g/mol. The molecular weight excluding hydrogens is 256 g/mol. The summed E-state index contributed by atoms with van der Waals surface area (Å²) in [6.07, 6.45) is 2.26. The van der Waals surface area contributed by atoms with Gasteiger partial charge < -0.3 is 9.47 Å². The van der Waals surface area contributed by atoms with Crippen molar-refractivity contribution in [1.82, 2.24) is 0 Å². The van der Waals surface area contributed by atoms with Gasteiger partial charge in [-0.1, -0.05) is 45.9 Å². The van der Waals surface area contributed by atoms with Crippen molar-refractivity contribution in [2.75, 3.05) is 6.61 Å². The molecule has 1 atom stereocenters. The molecule has 3 heteroatoms. The first kappa shape index (κ1) is 14.6. The largest absolute Gasteiger partial charge is 0.493 e. The first-order chi connectivity index (χ1) is 8.91. The summed E-state index contributed by atoms with van der Waals surface area (Å²) in [5.74, 6) is 2.02. The van der Waals surface area contributed by atoms with E-state index in [1.165, 1.54) is 10.5 Å². The number of unbranched alkanes of at least 4 members (excludes halogenated alkanes) is 1. The van der Waals surface area contributed by atoms with Gasteiger partial charge in [0.05, 0.1) is 11.5 Å². The number of benzene rings is 1. The highest BCUT2D eigenvalue weighted by molar-refractivity contribution is 8.00. The van der Waals surface area contributed by atoms with E-state index in [2.05, 4.69) is 46.8 Å². The fourth-order valence-electron chi connectivity index (χ4n) is 2.14. The molecule has 0 bridgehead atoms. The van der Waals surface area contributed by atoms with Crippen LogP contribution in [0, 0.1) is 0 Å². The summed E-state index contributed by atoms with van der Waals surface area (Å²) in [6.45, 7) is 11.7. The molecule has 0 radical (unpaired) electrons. The fourth-order valence-corrected chi connectivity index (χ4v) is 3.05. The maximum absolute atomic E-state index is 6.00. The zero-order chi connectivity index (χ0) is 14.0. The number of ether oxygens (including phenoxy) is 2. The third-order valence-corrected chi connectivity index (χ3v) is 4.20. The van der Waals surface area contributed by atoms with Crippen molar-refractivity contribution >= 4 is 11.8 Å². The van der Waals surface area contributed by atoms with Crippen molar-refractivity contribution in [3.63, 3.8) is 0 Å². The second-order valence-electron chi connectivity index (χ2n) is 6.05. The van der Waals surface area contributed by atoms with E-state index in [0.717, 1.165) is 30.9 Å². The van der Waals surface area contributed by atoms with Crippen molar-refractivity contribution in [3.8, 4) is 11.5 Å². The van der Waals surface area contributed by atoms with Gasteiger partial charge in [0.1, 0.15) is 16.9 Å². The maximum Gasteiger partial charge on any atom is 0.146 e. The van der Waals surface area contributed by atoms with Gasteiger partial charge in [-0.15, -0.1) is 0 Å². The Labute approximate surface area is 120 Å². The first-order valence-corrected chi connectivity index (χ1v) is 7.94. The lowest BCUT2D eigenvalue weighted by Crippen LogP contribution is -2.14. The van der Waals surface area contributed by atoms with Gasteiger partial charge in [0.15, 0.2) is 0 Å². The van der Waals surface area contributed by atoms with Crippen LogP contribution in [0.1, 0.15) is 53.0 Å². The van der Waals surface area contributed by atoms with Crippen LogP contribution in [-0.2, 0) is 5.41 Å². The van der Waals surface area contributed by atoms with E-state index in [4.69, 9.17) is 9.47 Å². The zero-order valence-electron chi connectivity index (χ0n) is 12.6. The monoisotopic (exact) mass is 280 g/mol. The van der Waals surface area contributed by atoms with Crippen LogP contribution in [0.15, 0.2) is 17.0 Å². The minimum absolute atomic E-state index is 0.0659. The van der Waals surface area contributed by atoms with Gasteiger partial charge in [-0.05, 0) is 30.9 Å². The molecule has 0 saturated carbocycles. The molecule has 2 nitrogen and oxygen atoms in total. The molecular formula is C16H24O2S. The molecule has 1 aliphatic heterocycles. The quantitative estimate of drug-likeness (QED) is 0.724. The normalized spacial score (nSPS) is 18.1. The highest BCUT2D eigenvalue weighted by Crippen LogP contribution is 2.46. The van der Waals surface area contributed by atoms with Crippen LogP contribution in [0.4, 0.5) is 0 Å². The second-order valence-corrected chi connectivity index (χ2v) is 7.39. The van der Waals surface area contributed by atoms with Crippen LogP contribution in [0.2, 0.25) is 0 Å². The molecule has 0 aromatic heterocycles. The number of rotatable bonds is 4. The Kier molecular flexibility index (Phi) is 4.34. The van der Waals surface area contributed by atoms with E-state index in [1.54, 1.807) is 11.8 Å². The molecule has 1 heterocycles. The minimum Gasteiger partial charge on any atom is -0.493 e. The molecule has 0 amide bonds. The molecule has 0 saturated heterocycles. The van der Waals surface area contributed by atoms with Gasteiger partial charge in [-0.3, -0.25) is 0 Å². The smallest absolute Gasteiger partial charge is 0.146 e. The highest BCUT2D eigenvalue weighted by Gasteiger charge is 2.27. The van der Waals surface area contributed by atoms with E-state index in [0.29, 0.717) is 0 Å². The lowest BCUT2D eigenvalue weighted by Gasteiger charge is -2.23. The maximum atomic E-state index is 6.00. The molecule has 0 N–H and O–H groups in total. The Morgan fingerprint density at radius 1 is 1.32 bits per heavy atom. The Bertz CT molecular complexity index is 449. The highest BCUT2D eigenvalue weighted by atomic mass is 32.2. The summed E-state index contributed by atoms with van der Waals surface area (Å²) >= 11 is 1.76. The molecule has 19 heavy (non-hydrogen) atoms. The van der Waals surface area contributed by atoms with Crippen LogP contribution in [-0.4, -0.2) is 12.0 Å². The number of hydrogen-bond donors (Lipinski definition) is 0. The molecule has 0 aliphatic carbocycles. The van der Waals surface area contributed by atoms with Crippen LogP contribution in [0.3, 0.4) is 0 Å². The van der Waals surface area contributed by atoms with E-state index >= 15 is 0 Å².